The highest BCUT2D eigenvalue weighted by Gasteiger charge is 2.10. The molecule has 0 radical (unpaired) electrons. The molecular weight excluding hydrogens is 220 g/mol. The maximum Gasteiger partial charge on any atom is 0.0236 e. The van der Waals surface area contributed by atoms with Crippen molar-refractivity contribution in [2.24, 2.45) is 0 Å². The number of hydrogen-bond donors (Lipinski definition) is 1. The zero-order valence-electron chi connectivity index (χ0n) is 12.4. The van der Waals surface area contributed by atoms with E-state index in [1.165, 1.54) is 24.0 Å². The van der Waals surface area contributed by atoms with Crippen LogP contribution in [0.2, 0.25) is 0 Å². The van der Waals surface area contributed by atoms with Crippen LogP contribution in [-0.4, -0.2) is 24.5 Å². The Balaban J connectivity index is 2.65. The lowest BCUT2D eigenvalue weighted by atomic mass is 10.1. The smallest absolute Gasteiger partial charge is 0.0236 e. The summed E-state index contributed by atoms with van der Waals surface area (Å²) in [7, 11) is 2.23. The average Bonchev–Trinajstić information content (AvgIpc) is 2.38. The van der Waals surface area contributed by atoms with Crippen LogP contribution in [-0.2, 0) is 13.1 Å². The first-order valence-corrected chi connectivity index (χ1v) is 7.16. The van der Waals surface area contributed by atoms with Gasteiger partial charge in [-0.2, -0.15) is 0 Å². The molecule has 1 aromatic rings. The summed E-state index contributed by atoms with van der Waals surface area (Å²) in [6.45, 7) is 9.76. The highest BCUT2D eigenvalue weighted by molar-refractivity contribution is 5.27. The van der Waals surface area contributed by atoms with Gasteiger partial charge in [-0.25, -0.2) is 0 Å². The molecule has 102 valence electrons. The molecule has 0 spiro atoms. The predicted molar refractivity (Wildman–Crippen MR) is 79.7 cm³/mol. The lowest BCUT2D eigenvalue weighted by molar-refractivity contribution is 0.236. The summed E-state index contributed by atoms with van der Waals surface area (Å²) < 4.78 is 0. The number of nitrogens with one attached hydrogen (secondary N) is 1. The molecule has 0 heterocycles. The molecular formula is C16H28N2. The second-order valence-electron chi connectivity index (χ2n) is 5.10. The molecule has 0 amide bonds. The third-order valence-electron chi connectivity index (χ3n) is 3.56. The van der Waals surface area contributed by atoms with Gasteiger partial charge in [-0.15, -0.1) is 0 Å². The summed E-state index contributed by atoms with van der Waals surface area (Å²) in [5.74, 6) is 0. The van der Waals surface area contributed by atoms with Crippen LogP contribution < -0.4 is 5.32 Å². The fourth-order valence-electron chi connectivity index (χ4n) is 2.21. The maximum atomic E-state index is 3.41. The Morgan fingerprint density at radius 1 is 1.17 bits per heavy atom. The van der Waals surface area contributed by atoms with Gasteiger partial charge in [0.05, 0.1) is 0 Å². The van der Waals surface area contributed by atoms with Gasteiger partial charge in [0.15, 0.2) is 0 Å². The van der Waals surface area contributed by atoms with Crippen LogP contribution in [0.15, 0.2) is 24.3 Å². The molecule has 0 aliphatic carbocycles. The summed E-state index contributed by atoms with van der Waals surface area (Å²) in [5, 5.41) is 3.41. The normalized spacial score (nSPS) is 12.9. The van der Waals surface area contributed by atoms with Crippen molar-refractivity contribution in [1.29, 1.82) is 0 Å². The topological polar surface area (TPSA) is 15.3 Å². The van der Waals surface area contributed by atoms with Gasteiger partial charge in [-0.1, -0.05) is 44.5 Å². The zero-order valence-corrected chi connectivity index (χ0v) is 12.4. The van der Waals surface area contributed by atoms with E-state index in [1.54, 1.807) is 0 Å². The van der Waals surface area contributed by atoms with E-state index in [4.69, 9.17) is 0 Å². The Bertz CT molecular complexity index is 336. The van der Waals surface area contributed by atoms with Crippen molar-refractivity contribution >= 4 is 0 Å². The second-order valence-corrected chi connectivity index (χ2v) is 5.10. The Labute approximate surface area is 112 Å². The van der Waals surface area contributed by atoms with E-state index >= 15 is 0 Å². The molecule has 0 saturated carbocycles. The summed E-state index contributed by atoms with van der Waals surface area (Å²) >= 11 is 0. The van der Waals surface area contributed by atoms with Crippen LogP contribution in [0.3, 0.4) is 0 Å². The van der Waals surface area contributed by atoms with E-state index in [9.17, 15) is 0 Å². The zero-order chi connectivity index (χ0) is 13.4. The van der Waals surface area contributed by atoms with Crippen molar-refractivity contribution in [2.75, 3.05) is 13.6 Å². The highest BCUT2D eigenvalue weighted by atomic mass is 15.1. The quantitative estimate of drug-likeness (QED) is 0.758. The maximum absolute atomic E-state index is 3.41. The number of nitrogens with zero attached hydrogens (tertiary/aromatic N) is 1. The second kappa shape index (κ2) is 8.28. The predicted octanol–water partition coefficient (Wildman–Crippen LogP) is 3.42. The van der Waals surface area contributed by atoms with Crippen molar-refractivity contribution in [3.8, 4) is 0 Å². The Hall–Kier alpha value is -0.860. The Morgan fingerprint density at radius 2 is 1.83 bits per heavy atom. The average molecular weight is 248 g/mol. The van der Waals surface area contributed by atoms with Crippen molar-refractivity contribution in [2.45, 2.75) is 52.7 Å². The van der Waals surface area contributed by atoms with Crippen LogP contribution in [0.5, 0.6) is 0 Å². The van der Waals surface area contributed by atoms with E-state index in [1.807, 2.05) is 0 Å². The van der Waals surface area contributed by atoms with Crippen molar-refractivity contribution in [3.63, 3.8) is 0 Å². The van der Waals surface area contributed by atoms with E-state index in [-0.39, 0.29) is 0 Å². The number of rotatable bonds is 8. The molecule has 0 aromatic heterocycles. The molecule has 0 saturated heterocycles. The molecule has 18 heavy (non-hydrogen) atoms. The fourth-order valence-corrected chi connectivity index (χ4v) is 2.21. The Morgan fingerprint density at radius 3 is 2.44 bits per heavy atom. The van der Waals surface area contributed by atoms with Crippen molar-refractivity contribution in [1.82, 2.24) is 10.2 Å². The monoisotopic (exact) mass is 248 g/mol. The first-order valence-electron chi connectivity index (χ1n) is 7.16. The third-order valence-corrected chi connectivity index (χ3v) is 3.56. The van der Waals surface area contributed by atoms with Gasteiger partial charge in [-0.05, 0) is 38.1 Å². The molecule has 1 aromatic carbocycles. The van der Waals surface area contributed by atoms with Crippen molar-refractivity contribution in [3.05, 3.63) is 35.4 Å². The van der Waals surface area contributed by atoms with E-state index < -0.39 is 0 Å². The van der Waals surface area contributed by atoms with Crippen LogP contribution in [0.1, 0.15) is 44.7 Å². The molecule has 0 bridgehead atoms. The SMILES string of the molecule is CCCC(C)N(C)Cc1ccccc1CNCC. The molecule has 1 unspecified atom stereocenters. The first kappa shape index (κ1) is 15.2. The molecule has 1 N–H and O–H groups in total. The van der Waals surface area contributed by atoms with Crippen molar-refractivity contribution < 1.29 is 0 Å². The largest absolute Gasteiger partial charge is 0.313 e. The Kier molecular flexibility index (Phi) is 6.99. The van der Waals surface area contributed by atoms with Crippen LogP contribution in [0.25, 0.3) is 0 Å². The lowest BCUT2D eigenvalue weighted by Crippen LogP contribution is -2.29. The number of benzene rings is 1. The minimum atomic E-state index is 0.655. The van der Waals surface area contributed by atoms with Gasteiger partial charge in [-0.3, -0.25) is 4.90 Å². The van der Waals surface area contributed by atoms with Gasteiger partial charge in [0, 0.05) is 19.1 Å². The third kappa shape index (κ3) is 4.79. The van der Waals surface area contributed by atoms with E-state index in [2.05, 4.69) is 62.3 Å². The molecule has 1 rings (SSSR count). The van der Waals surface area contributed by atoms with Gasteiger partial charge >= 0.3 is 0 Å². The van der Waals surface area contributed by atoms with E-state index in [0.717, 1.165) is 19.6 Å². The number of hydrogen-bond acceptors (Lipinski definition) is 2. The van der Waals surface area contributed by atoms with E-state index in [0.29, 0.717) is 6.04 Å². The highest BCUT2D eigenvalue weighted by Crippen LogP contribution is 2.14. The minimum Gasteiger partial charge on any atom is -0.313 e. The van der Waals surface area contributed by atoms with Gasteiger partial charge in [0.2, 0.25) is 0 Å². The van der Waals surface area contributed by atoms with Gasteiger partial charge in [0.25, 0.3) is 0 Å². The summed E-state index contributed by atoms with van der Waals surface area (Å²) in [5.41, 5.74) is 2.87. The molecule has 2 heteroatoms. The molecule has 0 aliphatic rings. The fraction of sp³-hybridized carbons (Fsp3) is 0.625. The van der Waals surface area contributed by atoms with Crippen LogP contribution in [0, 0.1) is 0 Å². The van der Waals surface area contributed by atoms with Crippen LogP contribution >= 0.6 is 0 Å². The van der Waals surface area contributed by atoms with Gasteiger partial charge in [0.1, 0.15) is 0 Å². The molecule has 1 atom stereocenters. The molecule has 0 fully saturated rings. The molecule has 0 aliphatic heterocycles. The van der Waals surface area contributed by atoms with Crippen LogP contribution in [0.4, 0.5) is 0 Å². The van der Waals surface area contributed by atoms with Gasteiger partial charge < -0.3 is 5.32 Å². The summed E-state index contributed by atoms with van der Waals surface area (Å²) in [6.07, 6.45) is 2.52. The minimum absolute atomic E-state index is 0.655. The lowest BCUT2D eigenvalue weighted by Gasteiger charge is -2.25. The summed E-state index contributed by atoms with van der Waals surface area (Å²) in [6, 6.07) is 9.41. The summed E-state index contributed by atoms with van der Waals surface area (Å²) in [4.78, 5) is 2.45. The molecule has 2 nitrogen and oxygen atoms in total. The first-order chi connectivity index (χ1) is 8.69. The standard InChI is InChI=1S/C16H28N2/c1-5-9-14(3)18(4)13-16-11-8-7-10-15(16)12-17-6-2/h7-8,10-11,14,17H,5-6,9,12-13H2,1-4H3.